The Morgan fingerprint density at radius 2 is 1.94 bits per heavy atom. The third kappa shape index (κ3) is 2.35. The van der Waals surface area contributed by atoms with Gasteiger partial charge in [-0.2, -0.15) is 0 Å². The molecule has 0 saturated heterocycles. The first-order chi connectivity index (χ1) is 8.13. The number of rotatable bonds is 3. The summed E-state index contributed by atoms with van der Waals surface area (Å²) in [6.45, 7) is 6.75. The van der Waals surface area contributed by atoms with Crippen LogP contribution in [0.25, 0.3) is 10.7 Å². The van der Waals surface area contributed by atoms with Crippen LogP contribution < -0.4 is 5.73 Å². The van der Waals surface area contributed by atoms with E-state index in [2.05, 4.69) is 21.9 Å². The Kier molecular flexibility index (Phi) is 3.49. The molecule has 0 radical (unpaired) electrons. The molecule has 5 heteroatoms. The van der Waals surface area contributed by atoms with E-state index in [1.807, 2.05) is 13.8 Å². The Hall–Kier alpha value is -1.33. The fourth-order valence-electron chi connectivity index (χ4n) is 1.99. The van der Waals surface area contributed by atoms with Crippen LogP contribution in [0.1, 0.15) is 29.8 Å². The van der Waals surface area contributed by atoms with Crippen LogP contribution in [0, 0.1) is 13.8 Å². The SMILES string of the molecule is Cc1nc(-c2cncs2)nc(C)c1C(C)CN. The van der Waals surface area contributed by atoms with Gasteiger partial charge in [-0.3, -0.25) is 4.98 Å². The molecule has 2 aromatic heterocycles. The number of aromatic nitrogens is 3. The van der Waals surface area contributed by atoms with E-state index in [0.29, 0.717) is 12.5 Å². The molecule has 2 aromatic rings. The van der Waals surface area contributed by atoms with Crippen molar-refractivity contribution in [3.05, 3.63) is 28.7 Å². The lowest BCUT2D eigenvalue weighted by Gasteiger charge is -2.15. The van der Waals surface area contributed by atoms with Crippen LogP contribution in [-0.2, 0) is 0 Å². The molecule has 0 bridgehead atoms. The molecule has 90 valence electrons. The molecule has 1 atom stereocenters. The van der Waals surface area contributed by atoms with Crippen LogP contribution in [-0.4, -0.2) is 21.5 Å². The van der Waals surface area contributed by atoms with Crippen LogP contribution in [0.15, 0.2) is 11.7 Å². The van der Waals surface area contributed by atoms with Crippen LogP contribution in [0.2, 0.25) is 0 Å². The minimum absolute atomic E-state index is 0.297. The first-order valence-corrected chi connectivity index (χ1v) is 6.45. The van der Waals surface area contributed by atoms with E-state index in [4.69, 9.17) is 5.73 Å². The van der Waals surface area contributed by atoms with E-state index in [-0.39, 0.29) is 0 Å². The number of aryl methyl sites for hydroxylation is 2. The summed E-state index contributed by atoms with van der Waals surface area (Å²) < 4.78 is 0. The van der Waals surface area contributed by atoms with Crippen molar-refractivity contribution in [2.24, 2.45) is 5.73 Å². The van der Waals surface area contributed by atoms with Gasteiger partial charge in [-0.15, -0.1) is 11.3 Å². The van der Waals surface area contributed by atoms with Crippen molar-refractivity contribution >= 4 is 11.3 Å². The number of hydrogen-bond acceptors (Lipinski definition) is 5. The Morgan fingerprint density at radius 3 is 2.41 bits per heavy atom. The van der Waals surface area contributed by atoms with Crippen LogP contribution >= 0.6 is 11.3 Å². The predicted molar refractivity (Wildman–Crippen MR) is 70.1 cm³/mol. The molecule has 0 amide bonds. The van der Waals surface area contributed by atoms with E-state index in [1.165, 1.54) is 5.56 Å². The standard InChI is InChI=1S/C12H16N4S/c1-7(4-13)11-8(2)15-12(16-9(11)3)10-5-14-6-17-10/h5-7H,4,13H2,1-3H3. The van der Waals surface area contributed by atoms with Gasteiger partial charge in [0.1, 0.15) is 0 Å². The summed E-state index contributed by atoms with van der Waals surface area (Å²) in [4.78, 5) is 14.2. The molecule has 0 fully saturated rings. The van der Waals surface area contributed by atoms with Crippen molar-refractivity contribution in [1.29, 1.82) is 0 Å². The lowest BCUT2D eigenvalue weighted by Crippen LogP contribution is -2.13. The molecule has 17 heavy (non-hydrogen) atoms. The minimum atomic E-state index is 0.297. The van der Waals surface area contributed by atoms with Crippen molar-refractivity contribution in [2.75, 3.05) is 6.54 Å². The summed E-state index contributed by atoms with van der Waals surface area (Å²) in [5, 5.41) is 0. The zero-order valence-electron chi connectivity index (χ0n) is 10.3. The molecule has 0 spiro atoms. The molecule has 2 rings (SSSR count). The molecule has 2 N–H and O–H groups in total. The number of nitrogens with two attached hydrogens (primary N) is 1. The second kappa shape index (κ2) is 4.89. The zero-order chi connectivity index (χ0) is 12.4. The summed E-state index contributed by atoms with van der Waals surface area (Å²) in [6, 6.07) is 0. The van der Waals surface area contributed by atoms with Gasteiger partial charge in [0, 0.05) is 17.6 Å². The van der Waals surface area contributed by atoms with Crippen LogP contribution in [0.4, 0.5) is 0 Å². The quantitative estimate of drug-likeness (QED) is 0.905. The average Bonchev–Trinajstić information content (AvgIpc) is 2.81. The van der Waals surface area contributed by atoms with Crippen molar-refractivity contribution in [2.45, 2.75) is 26.7 Å². The summed E-state index contributed by atoms with van der Waals surface area (Å²) in [5.74, 6) is 1.06. The molecule has 2 heterocycles. The van der Waals surface area contributed by atoms with Gasteiger partial charge in [0.2, 0.25) is 0 Å². The first-order valence-electron chi connectivity index (χ1n) is 5.57. The van der Waals surface area contributed by atoms with Gasteiger partial charge in [0.25, 0.3) is 0 Å². The van der Waals surface area contributed by atoms with E-state index < -0.39 is 0 Å². The largest absolute Gasteiger partial charge is 0.330 e. The molecule has 4 nitrogen and oxygen atoms in total. The van der Waals surface area contributed by atoms with Gasteiger partial charge < -0.3 is 5.73 Å². The van der Waals surface area contributed by atoms with E-state index in [0.717, 1.165) is 22.1 Å². The highest BCUT2D eigenvalue weighted by atomic mass is 32.1. The topological polar surface area (TPSA) is 64.7 Å². The highest BCUT2D eigenvalue weighted by Crippen LogP contribution is 2.25. The maximum atomic E-state index is 5.71. The maximum absolute atomic E-state index is 5.71. The number of nitrogens with zero attached hydrogens (tertiary/aromatic N) is 3. The molecule has 0 aliphatic rings. The molecule has 1 unspecified atom stereocenters. The third-order valence-corrected chi connectivity index (χ3v) is 3.59. The monoisotopic (exact) mass is 248 g/mol. The van der Waals surface area contributed by atoms with Crippen LogP contribution in [0.3, 0.4) is 0 Å². The van der Waals surface area contributed by atoms with E-state index in [1.54, 1.807) is 23.0 Å². The highest BCUT2D eigenvalue weighted by molar-refractivity contribution is 7.13. The molecular weight excluding hydrogens is 232 g/mol. The summed E-state index contributed by atoms with van der Waals surface area (Å²) in [7, 11) is 0. The van der Waals surface area contributed by atoms with Crippen LogP contribution in [0.5, 0.6) is 0 Å². The van der Waals surface area contributed by atoms with Gasteiger partial charge >= 0.3 is 0 Å². The zero-order valence-corrected chi connectivity index (χ0v) is 11.1. The van der Waals surface area contributed by atoms with Gasteiger partial charge in [0.15, 0.2) is 5.82 Å². The van der Waals surface area contributed by atoms with Crippen molar-refractivity contribution < 1.29 is 0 Å². The predicted octanol–water partition coefficient (Wildman–Crippen LogP) is 2.28. The molecule has 0 aromatic carbocycles. The fraction of sp³-hybridized carbons (Fsp3) is 0.417. The summed E-state index contributed by atoms with van der Waals surface area (Å²) in [5.41, 5.74) is 10.7. The Balaban J connectivity index is 2.49. The fourth-order valence-corrected chi connectivity index (χ4v) is 2.55. The van der Waals surface area contributed by atoms with Gasteiger partial charge in [-0.05, 0) is 31.9 Å². The molecule has 0 saturated carbocycles. The smallest absolute Gasteiger partial charge is 0.171 e. The van der Waals surface area contributed by atoms with E-state index in [9.17, 15) is 0 Å². The minimum Gasteiger partial charge on any atom is -0.330 e. The van der Waals surface area contributed by atoms with Crippen molar-refractivity contribution in [3.63, 3.8) is 0 Å². The second-order valence-corrected chi connectivity index (χ2v) is 5.02. The highest BCUT2D eigenvalue weighted by Gasteiger charge is 2.15. The summed E-state index contributed by atoms with van der Waals surface area (Å²) in [6.07, 6.45) is 1.80. The van der Waals surface area contributed by atoms with Gasteiger partial charge in [-0.1, -0.05) is 6.92 Å². The van der Waals surface area contributed by atoms with Crippen molar-refractivity contribution in [3.8, 4) is 10.7 Å². The van der Waals surface area contributed by atoms with Gasteiger partial charge in [-0.25, -0.2) is 9.97 Å². The Bertz CT molecular complexity index is 484. The normalized spacial score (nSPS) is 12.7. The molecule has 0 aliphatic heterocycles. The second-order valence-electron chi connectivity index (χ2n) is 4.13. The molecule has 0 aliphatic carbocycles. The average molecular weight is 248 g/mol. The maximum Gasteiger partial charge on any atom is 0.171 e. The van der Waals surface area contributed by atoms with E-state index >= 15 is 0 Å². The lowest BCUT2D eigenvalue weighted by molar-refractivity contribution is 0.744. The third-order valence-electron chi connectivity index (χ3n) is 2.83. The summed E-state index contributed by atoms with van der Waals surface area (Å²) >= 11 is 1.55. The van der Waals surface area contributed by atoms with Gasteiger partial charge in [0.05, 0.1) is 10.4 Å². The van der Waals surface area contributed by atoms with Crippen molar-refractivity contribution in [1.82, 2.24) is 15.0 Å². The number of thiazole rings is 1. The number of hydrogen-bond donors (Lipinski definition) is 1. The Labute approximate surface area is 105 Å². The first kappa shape index (κ1) is 12.1. The molecular formula is C12H16N4S. The lowest BCUT2D eigenvalue weighted by atomic mass is 9.98. The Morgan fingerprint density at radius 1 is 1.29 bits per heavy atom.